The molecular formula is C24H24N6O8S. The first-order valence-electron chi connectivity index (χ1n) is 11.4. The van der Waals surface area contributed by atoms with Crippen LogP contribution in [0.3, 0.4) is 0 Å². The minimum Gasteiger partial charge on any atom is -0.496 e. The minimum atomic E-state index is -0.919. The highest BCUT2D eigenvalue weighted by Crippen LogP contribution is 2.38. The Morgan fingerprint density at radius 2 is 1.97 bits per heavy atom. The Balaban J connectivity index is 1.69. The number of hydrogen-bond donors (Lipinski definition) is 3. The number of amides is 2. The van der Waals surface area contributed by atoms with Crippen molar-refractivity contribution in [2.24, 2.45) is 0 Å². The molecule has 0 unspecified atom stereocenters. The Hall–Kier alpha value is -4.60. The summed E-state index contributed by atoms with van der Waals surface area (Å²) in [6.07, 6.45) is 1.47. The average molecular weight is 557 g/mol. The largest absolute Gasteiger partial charge is 0.496 e. The van der Waals surface area contributed by atoms with Crippen molar-refractivity contribution >= 4 is 34.1 Å². The summed E-state index contributed by atoms with van der Waals surface area (Å²) in [6.45, 7) is 1.21. The average Bonchev–Trinajstić information content (AvgIpc) is 3.57. The standard InChI is InChI=1S/C24H24N6O8S/c1-13(32)26-18-7-8-25-30(18)24-29-28-23(39-24)27-21(33)17-11-15(20(22(34)38-17)37-10-9-35-2)19-14(12-31)5-4-6-16(19)36-3/h4-8,11,31H,9-10,12H2,1-3H3,(H,26,32)(H,27,28,33). The maximum Gasteiger partial charge on any atom is 0.379 e. The number of hydrogen-bond acceptors (Lipinski definition) is 12. The predicted octanol–water partition coefficient (Wildman–Crippen LogP) is 2.08. The third kappa shape index (κ3) is 6.11. The van der Waals surface area contributed by atoms with Crippen LogP contribution in [0.25, 0.3) is 16.3 Å². The topological polar surface area (TPSA) is 180 Å². The van der Waals surface area contributed by atoms with Crippen LogP contribution in [0.5, 0.6) is 11.5 Å². The van der Waals surface area contributed by atoms with E-state index in [1.807, 2.05) is 0 Å². The molecule has 0 aliphatic heterocycles. The van der Waals surface area contributed by atoms with Gasteiger partial charge in [0.2, 0.25) is 21.9 Å². The van der Waals surface area contributed by atoms with Crippen molar-refractivity contribution in [1.82, 2.24) is 20.0 Å². The molecule has 204 valence electrons. The molecular weight excluding hydrogens is 532 g/mol. The Morgan fingerprint density at radius 3 is 2.69 bits per heavy atom. The van der Waals surface area contributed by atoms with Crippen LogP contribution in [0.2, 0.25) is 0 Å². The van der Waals surface area contributed by atoms with Gasteiger partial charge in [0.1, 0.15) is 18.2 Å². The number of benzene rings is 1. The van der Waals surface area contributed by atoms with Gasteiger partial charge in [-0.1, -0.05) is 23.5 Å². The van der Waals surface area contributed by atoms with Crippen LogP contribution in [-0.2, 0) is 16.1 Å². The van der Waals surface area contributed by atoms with Gasteiger partial charge < -0.3 is 29.1 Å². The minimum absolute atomic E-state index is 0.0326. The summed E-state index contributed by atoms with van der Waals surface area (Å²) in [5.41, 5.74) is 0.0616. The van der Waals surface area contributed by atoms with E-state index in [0.29, 0.717) is 22.7 Å². The summed E-state index contributed by atoms with van der Waals surface area (Å²) in [4.78, 5) is 37.5. The lowest BCUT2D eigenvalue weighted by Crippen LogP contribution is -2.18. The van der Waals surface area contributed by atoms with Crippen LogP contribution in [0.1, 0.15) is 23.0 Å². The number of anilines is 2. The summed E-state index contributed by atoms with van der Waals surface area (Å²) in [7, 11) is 2.92. The van der Waals surface area contributed by atoms with Gasteiger partial charge in [0, 0.05) is 31.2 Å². The summed E-state index contributed by atoms with van der Waals surface area (Å²) in [5, 5.41) is 27.5. The SMILES string of the molecule is COCCOc1c(-c2c(CO)cccc2OC)cc(C(=O)Nc2nnc(-n3nccc3NC(C)=O)s2)oc1=O. The van der Waals surface area contributed by atoms with Gasteiger partial charge >= 0.3 is 5.63 Å². The summed E-state index contributed by atoms with van der Waals surface area (Å²) in [5.74, 6) is -0.896. The van der Waals surface area contributed by atoms with Crippen molar-refractivity contribution in [3.8, 4) is 27.8 Å². The van der Waals surface area contributed by atoms with Crippen molar-refractivity contribution in [3.63, 3.8) is 0 Å². The van der Waals surface area contributed by atoms with Crippen molar-refractivity contribution in [2.75, 3.05) is 38.1 Å². The number of ether oxygens (including phenoxy) is 3. The van der Waals surface area contributed by atoms with Gasteiger partial charge in [0.25, 0.3) is 5.91 Å². The van der Waals surface area contributed by atoms with E-state index in [2.05, 4.69) is 25.9 Å². The van der Waals surface area contributed by atoms with Crippen molar-refractivity contribution in [1.29, 1.82) is 0 Å². The quantitative estimate of drug-likeness (QED) is 0.230. The predicted molar refractivity (Wildman–Crippen MR) is 140 cm³/mol. The van der Waals surface area contributed by atoms with Gasteiger partial charge in [-0.3, -0.25) is 14.9 Å². The molecule has 15 heteroatoms. The number of aromatic nitrogens is 4. The lowest BCUT2D eigenvalue weighted by Gasteiger charge is -2.16. The Kier molecular flexibility index (Phi) is 8.65. The van der Waals surface area contributed by atoms with E-state index in [0.717, 1.165) is 11.3 Å². The molecule has 0 saturated heterocycles. The highest BCUT2D eigenvalue weighted by atomic mass is 32.1. The smallest absolute Gasteiger partial charge is 0.379 e. The number of rotatable bonds is 11. The molecule has 3 heterocycles. The fourth-order valence-corrected chi connectivity index (χ4v) is 4.28. The van der Waals surface area contributed by atoms with Crippen LogP contribution in [0.4, 0.5) is 10.9 Å². The van der Waals surface area contributed by atoms with E-state index in [-0.39, 0.29) is 53.1 Å². The van der Waals surface area contributed by atoms with Gasteiger partial charge in [0.15, 0.2) is 5.76 Å². The first-order chi connectivity index (χ1) is 18.9. The van der Waals surface area contributed by atoms with Crippen molar-refractivity contribution < 1.29 is 33.3 Å². The van der Waals surface area contributed by atoms with Gasteiger partial charge in [0.05, 0.1) is 26.5 Å². The van der Waals surface area contributed by atoms with Crippen LogP contribution >= 0.6 is 11.3 Å². The number of carbonyl (C=O) groups excluding carboxylic acids is 2. The molecule has 14 nitrogen and oxygen atoms in total. The molecule has 3 N–H and O–H groups in total. The summed E-state index contributed by atoms with van der Waals surface area (Å²) >= 11 is 0.972. The monoisotopic (exact) mass is 556 g/mol. The lowest BCUT2D eigenvalue weighted by molar-refractivity contribution is -0.114. The van der Waals surface area contributed by atoms with E-state index in [1.165, 1.54) is 38.1 Å². The maximum atomic E-state index is 13.1. The third-order valence-electron chi connectivity index (χ3n) is 5.20. The molecule has 0 spiro atoms. The van der Waals surface area contributed by atoms with Crippen molar-refractivity contribution in [2.45, 2.75) is 13.5 Å². The van der Waals surface area contributed by atoms with Gasteiger partial charge in [-0.25, -0.2) is 4.79 Å². The second-order valence-electron chi connectivity index (χ2n) is 7.79. The fraction of sp³-hybridized carbons (Fsp3) is 0.250. The van der Waals surface area contributed by atoms with Gasteiger partial charge in [-0.05, 0) is 17.7 Å². The summed E-state index contributed by atoms with van der Waals surface area (Å²) in [6, 6.07) is 7.88. The first-order valence-corrected chi connectivity index (χ1v) is 12.2. The van der Waals surface area contributed by atoms with E-state index >= 15 is 0 Å². The number of carbonyl (C=O) groups is 2. The maximum absolute atomic E-state index is 13.1. The summed E-state index contributed by atoms with van der Waals surface area (Å²) < 4.78 is 22.7. The molecule has 39 heavy (non-hydrogen) atoms. The number of nitrogens with one attached hydrogen (secondary N) is 2. The van der Waals surface area contributed by atoms with Crippen LogP contribution in [0.15, 0.2) is 45.7 Å². The first kappa shape index (κ1) is 27.4. The molecule has 1 aromatic carbocycles. The van der Waals surface area contributed by atoms with E-state index in [9.17, 15) is 19.5 Å². The number of methoxy groups -OCH3 is 2. The van der Waals surface area contributed by atoms with Gasteiger partial charge in [-0.2, -0.15) is 9.78 Å². The highest BCUT2D eigenvalue weighted by Gasteiger charge is 2.24. The van der Waals surface area contributed by atoms with Crippen LogP contribution in [0, 0.1) is 0 Å². The zero-order chi connectivity index (χ0) is 27.9. The Labute approximate surface area is 225 Å². The fourth-order valence-electron chi connectivity index (χ4n) is 3.57. The molecule has 0 aliphatic carbocycles. The lowest BCUT2D eigenvalue weighted by atomic mass is 9.98. The second-order valence-corrected chi connectivity index (χ2v) is 8.74. The van der Waals surface area contributed by atoms with E-state index in [1.54, 1.807) is 24.3 Å². The van der Waals surface area contributed by atoms with E-state index < -0.39 is 11.5 Å². The molecule has 2 amide bonds. The number of nitrogens with zero attached hydrogens (tertiary/aromatic N) is 4. The second kappa shape index (κ2) is 12.3. The molecule has 0 aliphatic rings. The molecule has 0 fully saturated rings. The third-order valence-corrected chi connectivity index (χ3v) is 6.01. The molecule has 4 rings (SSSR count). The van der Waals surface area contributed by atoms with Gasteiger partial charge in [-0.15, -0.1) is 10.2 Å². The molecule has 0 bridgehead atoms. The Bertz CT molecular complexity index is 1520. The highest BCUT2D eigenvalue weighted by molar-refractivity contribution is 7.17. The molecule has 4 aromatic rings. The molecule has 3 aromatic heterocycles. The zero-order valence-electron chi connectivity index (χ0n) is 21.1. The number of aliphatic hydroxyl groups is 1. The Morgan fingerprint density at radius 1 is 1.15 bits per heavy atom. The zero-order valence-corrected chi connectivity index (χ0v) is 21.9. The molecule has 0 radical (unpaired) electrons. The number of aliphatic hydroxyl groups excluding tert-OH is 1. The van der Waals surface area contributed by atoms with Crippen LogP contribution < -0.4 is 25.7 Å². The van der Waals surface area contributed by atoms with Crippen molar-refractivity contribution in [3.05, 3.63) is 58.3 Å². The normalized spacial score (nSPS) is 10.8. The molecule has 0 atom stereocenters. The van der Waals surface area contributed by atoms with Crippen LogP contribution in [-0.4, -0.2) is 64.3 Å². The van der Waals surface area contributed by atoms with E-state index in [4.69, 9.17) is 18.6 Å². The molecule has 0 saturated carbocycles.